The Bertz CT molecular complexity index is 269. The summed E-state index contributed by atoms with van der Waals surface area (Å²) in [6.45, 7) is 5.40. The Kier molecular flexibility index (Phi) is 4.95. The third-order valence-electron chi connectivity index (χ3n) is 4.50. The van der Waals surface area contributed by atoms with Gasteiger partial charge in [0.15, 0.2) is 0 Å². The van der Waals surface area contributed by atoms with E-state index < -0.39 is 5.54 Å². The SMILES string of the molecule is CCC(C)N(C)CCC1CCCC1(N)C(N)=O. The third-order valence-corrected chi connectivity index (χ3v) is 4.50. The van der Waals surface area contributed by atoms with Crippen LogP contribution in [0.2, 0.25) is 0 Å². The number of nitrogens with two attached hydrogens (primary N) is 2. The number of amides is 1. The molecule has 0 heterocycles. The molecule has 3 atom stereocenters. The van der Waals surface area contributed by atoms with Gasteiger partial charge in [-0.05, 0) is 52.1 Å². The second-order valence-electron chi connectivity index (χ2n) is 5.52. The Morgan fingerprint density at radius 1 is 1.59 bits per heavy atom. The van der Waals surface area contributed by atoms with Gasteiger partial charge in [-0.15, -0.1) is 0 Å². The normalized spacial score (nSPS) is 30.8. The molecule has 1 saturated carbocycles. The van der Waals surface area contributed by atoms with E-state index in [1.165, 1.54) is 0 Å². The fourth-order valence-electron chi connectivity index (χ4n) is 2.72. The van der Waals surface area contributed by atoms with Gasteiger partial charge in [0.25, 0.3) is 0 Å². The van der Waals surface area contributed by atoms with Crippen LogP contribution >= 0.6 is 0 Å². The fraction of sp³-hybridized carbons (Fsp3) is 0.923. The first kappa shape index (κ1) is 14.5. The van der Waals surface area contributed by atoms with Crippen molar-refractivity contribution in [3.63, 3.8) is 0 Å². The van der Waals surface area contributed by atoms with Crippen LogP contribution in [0.4, 0.5) is 0 Å². The molecule has 0 aromatic rings. The molecular weight excluding hydrogens is 214 g/mol. The monoisotopic (exact) mass is 241 g/mol. The van der Waals surface area contributed by atoms with Gasteiger partial charge in [-0.25, -0.2) is 0 Å². The van der Waals surface area contributed by atoms with Gasteiger partial charge in [-0.3, -0.25) is 4.79 Å². The predicted molar refractivity (Wildman–Crippen MR) is 70.5 cm³/mol. The Labute approximate surface area is 105 Å². The molecule has 0 aliphatic heterocycles. The minimum atomic E-state index is -0.754. The van der Waals surface area contributed by atoms with E-state index in [1.54, 1.807) is 0 Å². The lowest BCUT2D eigenvalue weighted by atomic mass is 9.85. The minimum absolute atomic E-state index is 0.256. The molecule has 4 nitrogen and oxygen atoms in total. The molecule has 17 heavy (non-hydrogen) atoms. The smallest absolute Gasteiger partial charge is 0.237 e. The van der Waals surface area contributed by atoms with E-state index in [-0.39, 0.29) is 11.8 Å². The lowest BCUT2D eigenvalue weighted by molar-refractivity contribution is -0.124. The standard InChI is InChI=1S/C13H27N3O/c1-4-10(2)16(3)9-7-11-6-5-8-13(11,15)12(14)17/h10-11H,4-9,15H2,1-3H3,(H2,14,17). The Morgan fingerprint density at radius 3 is 2.76 bits per heavy atom. The van der Waals surface area contributed by atoms with Gasteiger partial charge in [0, 0.05) is 6.04 Å². The predicted octanol–water partition coefficient (Wildman–Crippen LogP) is 1.09. The minimum Gasteiger partial charge on any atom is -0.368 e. The molecule has 1 aliphatic rings. The van der Waals surface area contributed by atoms with E-state index in [0.717, 1.165) is 38.6 Å². The van der Waals surface area contributed by atoms with Crippen molar-refractivity contribution in [1.82, 2.24) is 4.90 Å². The van der Waals surface area contributed by atoms with Crippen molar-refractivity contribution >= 4 is 5.91 Å². The lowest BCUT2D eigenvalue weighted by Crippen LogP contribution is -2.55. The van der Waals surface area contributed by atoms with Crippen molar-refractivity contribution in [3.8, 4) is 0 Å². The molecule has 1 rings (SSSR count). The molecule has 0 spiro atoms. The van der Waals surface area contributed by atoms with E-state index in [4.69, 9.17) is 11.5 Å². The number of carbonyl (C=O) groups excluding carboxylic acids is 1. The van der Waals surface area contributed by atoms with Crippen LogP contribution in [-0.4, -0.2) is 36.0 Å². The molecule has 1 aliphatic carbocycles. The summed E-state index contributed by atoms with van der Waals surface area (Å²) in [6, 6.07) is 0.581. The van der Waals surface area contributed by atoms with E-state index in [2.05, 4.69) is 25.8 Å². The molecule has 100 valence electrons. The second-order valence-corrected chi connectivity index (χ2v) is 5.52. The van der Waals surface area contributed by atoms with Gasteiger partial charge in [0.05, 0.1) is 5.54 Å². The van der Waals surface area contributed by atoms with Crippen molar-refractivity contribution < 1.29 is 4.79 Å². The third kappa shape index (κ3) is 3.19. The van der Waals surface area contributed by atoms with Crippen LogP contribution < -0.4 is 11.5 Å². The molecule has 4 heteroatoms. The van der Waals surface area contributed by atoms with Crippen molar-refractivity contribution in [2.75, 3.05) is 13.6 Å². The summed E-state index contributed by atoms with van der Waals surface area (Å²) in [6.07, 6.45) is 4.93. The Morgan fingerprint density at radius 2 is 2.24 bits per heavy atom. The molecule has 0 radical (unpaired) electrons. The highest BCUT2D eigenvalue weighted by Gasteiger charge is 2.43. The quantitative estimate of drug-likeness (QED) is 0.731. The average Bonchev–Trinajstić information content (AvgIpc) is 2.68. The number of hydrogen-bond acceptors (Lipinski definition) is 3. The number of nitrogens with zero attached hydrogens (tertiary/aromatic N) is 1. The fourth-order valence-corrected chi connectivity index (χ4v) is 2.72. The summed E-state index contributed by atoms with van der Waals surface area (Å²) < 4.78 is 0. The van der Waals surface area contributed by atoms with Gasteiger partial charge in [0.1, 0.15) is 0 Å². The zero-order chi connectivity index (χ0) is 13.1. The Hall–Kier alpha value is -0.610. The maximum absolute atomic E-state index is 11.5. The van der Waals surface area contributed by atoms with Gasteiger partial charge >= 0.3 is 0 Å². The van der Waals surface area contributed by atoms with E-state index in [0.29, 0.717) is 6.04 Å². The molecule has 0 bridgehead atoms. The van der Waals surface area contributed by atoms with Crippen LogP contribution in [0.25, 0.3) is 0 Å². The molecule has 0 aromatic heterocycles. The zero-order valence-electron chi connectivity index (χ0n) is 11.4. The van der Waals surface area contributed by atoms with Crippen LogP contribution in [0.3, 0.4) is 0 Å². The van der Waals surface area contributed by atoms with Crippen molar-refractivity contribution in [1.29, 1.82) is 0 Å². The summed E-state index contributed by atoms with van der Waals surface area (Å²) in [5.74, 6) is -0.0716. The number of primary amides is 1. The van der Waals surface area contributed by atoms with Crippen molar-refractivity contribution in [3.05, 3.63) is 0 Å². The zero-order valence-corrected chi connectivity index (χ0v) is 11.4. The lowest BCUT2D eigenvalue weighted by Gasteiger charge is -2.31. The van der Waals surface area contributed by atoms with Crippen LogP contribution in [-0.2, 0) is 4.79 Å². The summed E-state index contributed by atoms with van der Waals surface area (Å²) in [5.41, 5.74) is 10.8. The highest BCUT2D eigenvalue weighted by molar-refractivity contribution is 5.85. The summed E-state index contributed by atoms with van der Waals surface area (Å²) in [7, 11) is 2.13. The largest absolute Gasteiger partial charge is 0.368 e. The van der Waals surface area contributed by atoms with Gasteiger partial charge in [0.2, 0.25) is 5.91 Å². The highest BCUT2D eigenvalue weighted by Crippen LogP contribution is 2.35. The van der Waals surface area contributed by atoms with Crippen LogP contribution in [0.1, 0.15) is 46.0 Å². The van der Waals surface area contributed by atoms with E-state index in [9.17, 15) is 4.79 Å². The van der Waals surface area contributed by atoms with E-state index in [1.807, 2.05) is 0 Å². The molecule has 3 unspecified atom stereocenters. The maximum Gasteiger partial charge on any atom is 0.237 e. The molecule has 0 saturated heterocycles. The van der Waals surface area contributed by atoms with Gasteiger partial charge < -0.3 is 16.4 Å². The number of carbonyl (C=O) groups is 1. The topological polar surface area (TPSA) is 72.3 Å². The summed E-state index contributed by atoms with van der Waals surface area (Å²) in [4.78, 5) is 13.8. The van der Waals surface area contributed by atoms with Crippen molar-refractivity contribution in [2.24, 2.45) is 17.4 Å². The van der Waals surface area contributed by atoms with E-state index >= 15 is 0 Å². The molecule has 0 aromatic carbocycles. The van der Waals surface area contributed by atoms with Gasteiger partial charge in [-0.1, -0.05) is 13.3 Å². The first-order valence-corrected chi connectivity index (χ1v) is 6.70. The highest BCUT2D eigenvalue weighted by atomic mass is 16.1. The summed E-state index contributed by atoms with van der Waals surface area (Å²) in [5, 5.41) is 0. The first-order chi connectivity index (χ1) is 7.91. The molecule has 4 N–H and O–H groups in total. The molecule has 1 amide bonds. The summed E-state index contributed by atoms with van der Waals surface area (Å²) >= 11 is 0. The second kappa shape index (κ2) is 5.83. The average molecular weight is 241 g/mol. The number of rotatable bonds is 6. The van der Waals surface area contributed by atoms with Gasteiger partial charge in [-0.2, -0.15) is 0 Å². The van der Waals surface area contributed by atoms with Crippen LogP contribution in [0, 0.1) is 5.92 Å². The molecule has 1 fully saturated rings. The maximum atomic E-state index is 11.5. The number of hydrogen-bond donors (Lipinski definition) is 2. The van der Waals surface area contributed by atoms with Crippen LogP contribution in [0.15, 0.2) is 0 Å². The van der Waals surface area contributed by atoms with Crippen LogP contribution in [0.5, 0.6) is 0 Å². The molecular formula is C13H27N3O. The Balaban J connectivity index is 2.49. The van der Waals surface area contributed by atoms with Crippen molar-refractivity contribution in [2.45, 2.75) is 57.5 Å². The first-order valence-electron chi connectivity index (χ1n) is 6.70.